The summed E-state index contributed by atoms with van der Waals surface area (Å²) in [5.41, 5.74) is 0.135. The Morgan fingerprint density at radius 1 is 0.862 bits per heavy atom. The zero-order valence-corrected chi connectivity index (χ0v) is 18.0. The Labute approximate surface area is 174 Å². The van der Waals surface area contributed by atoms with Crippen molar-refractivity contribution in [3.05, 3.63) is 12.2 Å². The molecule has 0 unspecified atom stereocenters. The normalized spacial score (nSPS) is 59.1. The van der Waals surface area contributed by atoms with E-state index in [0.717, 1.165) is 50.5 Å². The maximum atomic E-state index is 11.8. The van der Waals surface area contributed by atoms with Crippen molar-refractivity contribution in [2.45, 2.75) is 82.4 Å². The van der Waals surface area contributed by atoms with E-state index in [-0.39, 0.29) is 10.8 Å². The van der Waals surface area contributed by atoms with Crippen molar-refractivity contribution < 1.29 is 24.1 Å². The summed E-state index contributed by atoms with van der Waals surface area (Å²) in [5, 5.41) is 11.8. The fraction of sp³-hybridized carbons (Fsp3) is 0.917. The number of aliphatic hydroxyl groups is 1. The molecule has 0 bridgehead atoms. The van der Waals surface area contributed by atoms with Gasteiger partial charge >= 0.3 is 0 Å². The van der Waals surface area contributed by atoms with Crippen molar-refractivity contribution in [3.63, 3.8) is 0 Å². The first-order valence-corrected chi connectivity index (χ1v) is 11.8. The van der Waals surface area contributed by atoms with E-state index >= 15 is 0 Å². The first-order valence-electron chi connectivity index (χ1n) is 11.8. The molecule has 4 aliphatic carbocycles. The molecular formula is C24H36O5. The second-order valence-electron chi connectivity index (χ2n) is 11.1. The average molecular weight is 405 g/mol. The SMILES string of the molecule is C=C1C[C@H]2[C@@H]3CC45OCCOC4(OCCO5)[C@@]3(C)CC[C@@H]2[C@@]2(C)CCCC[C@]12O. The zero-order chi connectivity index (χ0) is 20.1. The Balaban J connectivity index is 1.44. The fourth-order valence-electron chi connectivity index (χ4n) is 8.94. The van der Waals surface area contributed by atoms with Crippen molar-refractivity contribution >= 4 is 0 Å². The second kappa shape index (κ2) is 5.86. The number of fused-ring (bicyclic) bond motifs is 5. The van der Waals surface area contributed by atoms with Crippen molar-refractivity contribution in [2.75, 3.05) is 26.4 Å². The van der Waals surface area contributed by atoms with E-state index in [1.807, 2.05) is 0 Å². The van der Waals surface area contributed by atoms with Crippen LogP contribution in [0.3, 0.4) is 0 Å². The van der Waals surface area contributed by atoms with Gasteiger partial charge in [-0.25, -0.2) is 0 Å². The topological polar surface area (TPSA) is 57.2 Å². The van der Waals surface area contributed by atoms with Gasteiger partial charge in [0.25, 0.3) is 0 Å². The predicted octanol–water partition coefficient (Wildman–Crippen LogP) is 3.80. The van der Waals surface area contributed by atoms with Gasteiger partial charge in [0.05, 0.1) is 32.0 Å². The van der Waals surface area contributed by atoms with Crippen molar-refractivity contribution in [3.8, 4) is 0 Å². The van der Waals surface area contributed by atoms with Gasteiger partial charge < -0.3 is 24.1 Å². The summed E-state index contributed by atoms with van der Waals surface area (Å²) in [4.78, 5) is 0. The molecular weight excluding hydrogens is 368 g/mol. The lowest BCUT2D eigenvalue weighted by molar-refractivity contribution is -0.474. The lowest BCUT2D eigenvalue weighted by Gasteiger charge is -2.64. The molecule has 0 spiro atoms. The standard InChI is InChI=1S/C24H36O5/c1-16-14-17-18(20(2)7-4-5-8-22(16,20)25)6-9-21(3)19(17)15-23-24(21,28-12-10-26-23)29-13-11-27-23/h17-19,25H,1,4-15H2,2-3H3/t17-,18+,19+,20-,21+,22+,23?,24?/m1/s1. The fourth-order valence-corrected chi connectivity index (χ4v) is 8.94. The van der Waals surface area contributed by atoms with E-state index in [0.29, 0.717) is 44.2 Å². The van der Waals surface area contributed by atoms with Gasteiger partial charge in [-0.15, -0.1) is 0 Å². The Bertz CT molecular complexity index is 723. The molecule has 0 amide bonds. The van der Waals surface area contributed by atoms with E-state index in [1.54, 1.807) is 0 Å². The minimum atomic E-state index is -0.797. The van der Waals surface area contributed by atoms with Gasteiger partial charge in [0, 0.05) is 17.3 Å². The third-order valence-corrected chi connectivity index (χ3v) is 10.3. The predicted molar refractivity (Wildman–Crippen MR) is 107 cm³/mol. The van der Waals surface area contributed by atoms with Crippen LogP contribution in [-0.2, 0) is 18.9 Å². The summed E-state index contributed by atoms with van der Waals surface area (Å²) in [6, 6.07) is 0. The zero-order valence-electron chi connectivity index (χ0n) is 18.0. The second-order valence-corrected chi connectivity index (χ2v) is 11.1. The minimum Gasteiger partial charge on any atom is -0.385 e. The molecule has 6 aliphatic rings. The van der Waals surface area contributed by atoms with E-state index in [1.165, 1.54) is 6.42 Å². The van der Waals surface area contributed by atoms with Gasteiger partial charge in [-0.05, 0) is 55.4 Å². The van der Waals surface area contributed by atoms with Crippen LogP contribution in [0.2, 0.25) is 0 Å². The highest BCUT2D eigenvalue weighted by Gasteiger charge is 2.79. The third-order valence-electron chi connectivity index (χ3n) is 10.3. The van der Waals surface area contributed by atoms with Crippen LogP contribution in [0, 0.1) is 28.6 Å². The molecule has 5 nitrogen and oxygen atoms in total. The average Bonchev–Trinajstić information content (AvgIpc) is 2.96. The van der Waals surface area contributed by atoms with Crippen molar-refractivity contribution in [2.24, 2.45) is 28.6 Å². The highest BCUT2D eigenvalue weighted by atomic mass is 16.8. The van der Waals surface area contributed by atoms with Crippen LogP contribution in [0.5, 0.6) is 0 Å². The molecule has 0 aromatic rings. The number of hydrogen-bond donors (Lipinski definition) is 1. The molecule has 162 valence electrons. The maximum Gasteiger partial charge on any atom is 0.229 e. The van der Waals surface area contributed by atoms with Gasteiger partial charge in [-0.3, -0.25) is 0 Å². The largest absolute Gasteiger partial charge is 0.385 e. The quantitative estimate of drug-likeness (QED) is 0.623. The van der Waals surface area contributed by atoms with Crippen LogP contribution >= 0.6 is 0 Å². The van der Waals surface area contributed by atoms with E-state index in [4.69, 9.17) is 18.9 Å². The molecule has 6 atom stereocenters. The lowest BCUT2D eigenvalue weighted by Crippen LogP contribution is -2.70. The number of hydrogen-bond acceptors (Lipinski definition) is 5. The first kappa shape index (κ1) is 19.2. The Morgan fingerprint density at radius 3 is 2.24 bits per heavy atom. The van der Waals surface area contributed by atoms with Crippen LogP contribution in [0.25, 0.3) is 0 Å². The van der Waals surface area contributed by atoms with Crippen LogP contribution in [0.1, 0.15) is 65.2 Å². The van der Waals surface area contributed by atoms with Crippen molar-refractivity contribution in [1.82, 2.24) is 0 Å². The first-order chi connectivity index (χ1) is 13.8. The molecule has 6 fully saturated rings. The Hall–Kier alpha value is -0.460. The summed E-state index contributed by atoms with van der Waals surface area (Å²) >= 11 is 0. The number of ether oxygens (including phenoxy) is 4. The van der Waals surface area contributed by atoms with E-state index in [2.05, 4.69) is 20.4 Å². The van der Waals surface area contributed by atoms with Gasteiger partial charge in [-0.2, -0.15) is 0 Å². The summed E-state index contributed by atoms with van der Waals surface area (Å²) in [7, 11) is 0. The summed E-state index contributed by atoms with van der Waals surface area (Å²) < 4.78 is 25.7. The summed E-state index contributed by atoms with van der Waals surface area (Å²) in [5.74, 6) is -0.208. The van der Waals surface area contributed by atoms with E-state index in [9.17, 15) is 5.11 Å². The molecule has 0 aromatic carbocycles. The van der Waals surface area contributed by atoms with E-state index < -0.39 is 17.2 Å². The van der Waals surface area contributed by atoms with Gasteiger partial charge in [0.15, 0.2) is 0 Å². The molecule has 2 saturated heterocycles. The molecule has 29 heavy (non-hydrogen) atoms. The molecule has 2 heterocycles. The van der Waals surface area contributed by atoms with Crippen LogP contribution in [0.4, 0.5) is 0 Å². The third kappa shape index (κ3) is 2.01. The smallest absolute Gasteiger partial charge is 0.229 e. The Kier molecular flexibility index (Phi) is 3.89. The highest BCUT2D eigenvalue weighted by Crippen LogP contribution is 2.73. The Morgan fingerprint density at radius 2 is 1.52 bits per heavy atom. The maximum absolute atomic E-state index is 11.8. The summed E-state index contributed by atoms with van der Waals surface area (Å²) in [6.45, 7) is 11.4. The van der Waals surface area contributed by atoms with Gasteiger partial charge in [-0.1, -0.05) is 33.3 Å². The molecule has 2 aliphatic heterocycles. The highest BCUT2D eigenvalue weighted by molar-refractivity contribution is 5.29. The van der Waals surface area contributed by atoms with Crippen LogP contribution < -0.4 is 0 Å². The van der Waals surface area contributed by atoms with Crippen LogP contribution in [0.15, 0.2) is 12.2 Å². The molecule has 5 heteroatoms. The molecule has 6 rings (SSSR count). The molecule has 4 saturated carbocycles. The molecule has 0 aromatic heterocycles. The lowest BCUT2D eigenvalue weighted by atomic mass is 9.42. The minimum absolute atomic E-state index is 0.0791. The monoisotopic (exact) mass is 404 g/mol. The molecule has 1 N–H and O–H groups in total. The number of rotatable bonds is 0. The summed E-state index contributed by atoms with van der Waals surface area (Å²) in [6.07, 6.45) is 8.17. The van der Waals surface area contributed by atoms with Gasteiger partial charge in [0.1, 0.15) is 0 Å². The molecule has 0 radical (unpaired) electrons. The van der Waals surface area contributed by atoms with Crippen molar-refractivity contribution in [1.29, 1.82) is 0 Å². The van der Waals surface area contributed by atoms with Gasteiger partial charge in [0.2, 0.25) is 11.6 Å². The van der Waals surface area contributed by atoms with Crippen LogP contribution in [-0.4, -0.2) is 48.7 Å².